The zero-order valence-corrected chi connectivity index (χ0v) is 17.2. The van der Waals surface area contributed by atoms with Gasteiger partial charge in [-0.25, -0.2) is 4.98 Å². The first-order valence-corrected chi connectivity index (χ1v) is 10.2. The van der Waals surface area contributed by atoms with E-state index in [1.165, 1.54) is 13.1 Å². The largest absolute Gasteiger partial charge is 0.610 e. The summed E-state index contributed by atoms with van der Waals surface area (Å²) >= 11 is 13.6. The van der Waals surface area contributed by atoms with Crippen LogP contribution in [0.2, 0.25) is 10.2 Å². The molecule has 9 heteroatoms. The molecular formula is C17H11BrCl2N2O3S. The Morgan fingerprint density at radius 1 is 1.31 bits per heavy atom. The molecule has 1 N–H and O–H groups in total. The third-order valence-corrected chi connectivity index (χ3v) is 6.25. The minimum Gasteiger partial charge on any atom is -0.610 e. The summed E-state index contributed by atoms with van der Waals surface area (Å²) in [6, 6.07) is 6.50. The van der Waals surface area contributed by atoms with Crippen molar-refractivity contribution in [3.63, 3.8) is 0 Å². The maximum atomic E-state index is 12.9. The number of carbonyl (C=O) groups excluding carboxylic acids is 1. The zero-order valence-electron chi connectivity index (χ0n) is 13.3. The first-order valence-electron chi connectivity index (χ1n) is 7.33. The van der Waals surface area contributed by atoms with Gasteiger partial charge in [0.15, 0.2) is 5.78 Å². The number of hydrogen-bond acceptors (Lipinski definition) is 4. The van der Waals surface area contributed by atoms with Gasteiger partial charge in [0, 0.05) is 27.4 Å². The number of halogens is 3. The highest BCUT2D eigenvalue weighted by Gasteiger charge is 2.27. The third kappa shape index (κ3) is 3.68. The van der Waals surface area contributed by atoms with E-state index in [9.17, 15) is 14.1 Å². The van der Waals surface area contributed by atoms with Crippen LogP contribution in [0.4, 0.5) is 0 Å². The Bertz CT molecular complexity index is 1070. The summed E-state index contributed by atoms with van der Waals surface area (Å²) in [5.74, 6) is -0.411. The Labute approximate surface area is 170 Å². The number of hydrogen-bond donors (Lipinski definition) is 1. The van der Waals surface area contributed by atoms with Crippen LogP contribution in [0.25, 0.3) is 10.9 Å². The van der Waals surface area contributed by atoms with Gasteiger partial charge in [-0.05, 0) is 47.1 Å². The summed E-state index contributed by atoms with van der Waals surface area (Å²) in [6.07, 6.45) is 1.50. The molecule has 0 radical (unpaired) electrons. The maximum Gasteiger partial charge on any atom is 0.238 e. The van der Waals surface area contributed by atoms with Crippen LogP contribution in [0.5, 0.6) is 0 Å². The van der Waals surface area contributed by atoms with Gasteiger partial charge in [0.1, 0.15) is 16.5 Å². The van der Waals surface area contributed by atoms with E-state index in [0.29, 0.717) is 20.7 Å². The molecule has 0 aliphatic rings. The number of aromatic nitrogens is 2. The standard InChI is InChI=1S/C17H11BrCl2N2O3S/c1-8(23)13-16(24)14-11(19)4-3-10(18)15(14)22-17(13)26(25)7-9-2-5-12(20)21-6-9/h2-6H,7H2,1H3,(H,22,24). The van der Waals surface area contributed by atoms with Crippen LogP contribution in [0.3, 0.4) is 0 Å². The van der Waals surface area contributed by atoms with Crippen molar-refractivity contribution in [2.45, 2.75) is 17.7 Å². The average Bonchev–Trinajstić information content (AvgIpc) is 2.59. The highest BCUT2D eigenvalue weighted by atomic mass is 79.9. The lowest BCUT2D eigenvalue weighted by Gasteiger charge is -2.14. The second-order valence-corrected chi connectivity index (χ2v) is 8.51. The summed E-state index contributed by atoms with van der Waals surface area (Å²) in [5, 5.41) is 0.779. The average molecular weight is 474 g/mol. The second kappa shape index (κ2) is 7.70. The lowest BCUT2D eigenvalue weighted by atomic mass is 10.1. The lowest BCUT2D eigenvalue weighted by molar-refractivity contribution is 0.101. The number of benzene rings is 1. The Kier molecular flexibility index (Phi) is 5.74. The molecule has 0 aliphatic carbocycles. The van der Waals surface area contributed by atoms with Crippen LogP contribution in [0, 0.1) is 0 Å². The van der Waals surface area contributed by atoms with Crippen molar-refractivity contribution >= 4 is 67.0 Å². The van der Waals surface area contributed by atoms with Gasteiger partial charge in [-0.15, -0.1) is 0 Å². The van der Waals surface area contributed by atoms with E-state index in [4.69, 9.17) is 23.2 Å². The Morgan fingerprint density at radius 3 is 2.65 bits per heavy atom. The molecule has 3 rings (SSSR count). The highest BCUT2D eigenvalue weighted by molar-refractivity contribution is 9.10. The summed E-state index contributed by atoms with van der Waals surface area (Å²) in [7, 11) is 0. The minimum atomic E-state index is -1.68. The number of carbonyl (C=O) groups is 1. The molecule has 5 nitrogen and oxygen atoms in total. The summed E-state index contributed by atoms with van der Waals surface area (Å²) in [5.41, 5.74) is 0.353. The molecule has 0 amide bonds. The van der Waals surface area contributed by atoms with Crippen molar-refractivity contribution in [3.05, 3.63) is 66.5 Å². The SMILES string of the molecule is CC(=O)c1c([S+]([O-])Cc2ccc(Cl)nc2)[nH]c2c(Br)ccc(Cl)c2c1=O. The van der Waals surface area contributed by atoms with Crippen LogP contribution in [0.15, 0.2) is 44.8 Å². The van der Waals surface area contributed by atoms with Crippen molar-refractivity contribution in [2.24, 2.45) is 0 Å². The predicted molar refractivity (Wildman–Crippen MR) is 107 cm³/mol. The van der Waals surface area contributed by atoms with Crippen molar-refractivity contribution in [2.75, 3.05) is 0 Å². The molecule has 26 heavy (non-hydrogen) atoms. The van der Waals surface area contributed by atoms with Gasteiger partial charge < -0.3 is 9.54 Å². The topological polar surface area (TPSA) is 85.9 Å². The van der Waals surface area contributed by atoms with Gasteiger partial charge in [0.05, 0.1) is 15.9 Å². The monoisotopic (exact) mass is 472 g/mol. The molecule has 0 bridgehead atoms. The Balaban J connectivity index is 2.19. The number of aromatic amines is 1. The second-order valence-electron chi connectivity index (χ2n) is 5.47. The molecule has 1 aromatic carbocycles. The molecule has 134 valence electrons. The predicted octanol–water partition coefficient (Wildman–Crippen LogP) is 4.50. The summed E-state index contributed by atoms with van der Waals surface area (Å²) < 4.78 is 13.5. The van der Waals surface area contributed by atoms with E-state index < -0.39 is 22.4 Å². The van der Waals surface area contributed by atoms with E-state index in [1.54, 1.807) is 24.3 Å². The van der Waals surface area contributed by atoms with E-state index in [2.05, 4.69) is 25.9 Å². The molecule has 0 saturated carbocycles. The first-order chi connectivity index (χ1) is 12.3. The molecule has 3 aromatic rings. The van der Waals surface area contributed by atoms with Crippen molar-refractivity contribution in [1.29, 1.82) is 0 Å². The molecule has 1 atom stereocenters. The fourth-order valence-corrected chi connectivity index (χ4v) is 4.59. The van der Waals surface area contributed by atoms with Gasteiger partial charge in [-0.1, -0.05) is 23.2 Å². The lowest BCUT2D eigenvalue weighted by Crippen LogP contribution is -2.22. The van der Waals surface area contributed by atoms with Crippen LogP contribution in [0.1, 0.15) is 22.8 Å². The third-order valence-electron chi connectivity index (χ3n) is 3.69. The number of rotatable bonds is 4. The quantitative estimate of drug-likeness (QED) is 0.343. The van der Waals surface area contributed by atoms with Crippen LogP contribution < -0.4 is 5.43 Å². The first kappa shape index (κ1) is 19.4. The van der Waals surface area contributed by atoms with E-state index in [-0.39, 0.29) is 26.8 Å². The van der Waals surface area contributed by atoms with E-state index in [0.717, 1.165) is 0 Å². The van der Waals surface area contributed by atoms with Crippen LogP contribution in [-0.4, -0.2) is 20.3 Å². The molecule has 0 saturated heterocycles. The van der Waals surface area contributed by atoms with Crippen molar-refractivity contribution in [3.8, 4) is 0 Å². The number of ketones is 1. The molecule has 2 aromatic heterocycles. The molecule has 2 heterocycles. The highest BCUT2D eigenvalue weighted by Crippen LogP contribution is 2.29. The number of fused-ring (bicyclic) bond motifs is 1. The number of pyridine rings is 2. The molecule has 0 aliphatic heterocycles. The molecule has 0 fully saturated rings. The van der Waals surface area contributed by atoms with Crippen LogP contribution in [-0.2, 0) is 16.9 Å². The Hall–Kier alpha value is -1.38. The maximum absolute atomic E-state index is 12.9. The smallest absolute Gasteiger partial charge is 0.238 e. The number of nitrogens with zero attached hydrogens (tertiary/aromatic N) is 1. The zero-order chi connectivity index (χ0) is 19.0. The van der Waals surface area contributed by atoms with Gasteiger partial charge in [0.25, 0.3) is 0 Å². The number of H-pyrrole nitrogens is 1. The van der Waals surface area contributed by atoms with Gasteiger partial charge >= 0.3 is 0 Å². The van der Waals surface area contributed by atoms with Crippen LogP contribution >= 0.6 is 39.1 Å². The number of Topliss-reactive ketones (excluding diaryl/α,β-unsaturated/α-hetero) is 1. The molecule has 0 spiro atoms. The summed E-state index contributed by atoms with van der Waals surface area (Å²) in [6.45, 7) is 1.26. The fourth-order valence-electron chi connectivity index (χ4n) is 2.51. The minimum absolute atomic E-state index is 0.0629. The molecular weight excluding hydrogens is 463 g/mol. The summed E-state index contributed by atoms with van der Waals surface area (Å²) in [4.78, 5) is 31.8. The van der Waals surface area contributed by atoms with E-state index >= 15 is 0 Å². The molecule has 1 unspecified atom stereocenters. The number of nitrogens with one attached hydrogen (secondary N) is 1. The van der Waals surface area contributed by atoms with Crippen molar-refractivity contribution < 1.29 is 9.35 Å². The Morgan fingerprint density at radius 2 is 2.04 bits per heavy atom. The van der Waals surface area contributed by atoms with Gasteiger partial charge in [-0.2, -0.15) is 0 Å². The normalized spacial score (nSPS) is 12.3. The fraction of sp³-hybridized carbons (Fsp3) is 0.118. The van der Waals surface area contributed by atoms with Gasteiger partial charge in [0.2, 0.25) is 10.5 Å². The van der Waals surface area contributed by atoms with E-state index in [1.807, 2.05) is 0 Å². The van der Waals surface area contributed by atoms with Crippen molar-refractivity contribution in [1.82, 2.24) is 9.97 Å². The van der Waals surface area contributed by atoms with Gasteiger partial charge in [-0.3, -0.25) is 9.59 Å².